The van der Waals surface area contributed by atoms with Gasteiger partial charge in [0.25, 0.3) is 0 Å². The van der Waals surface area contributed by atoms with Gasteiger partial charge in [0.05, 0.1) is 13.3 Å². The summed E-state index contributed by atoms with van der Waals surface area (Å²) in [4.78, 5) is 4.48. The number of aromatic nitrogens is 2. The molecule has 0 aliphatic carbocycles. The van der Waals surface area contributed by atoms with Gasteiger partial charge >= 0.3 is 0 Å². The van der Waals surface area contributed by atoms with Crippen molar-refractivity contribution in [3.8, 4) is 11.4 Å². The van der Waals surface area contributed by atoms with Gasteiger partial charge in [0.2, 0.25) is 0 Å². The molecule has 0 fully saturated rings. The fraction of sp³-hybridized carbons (Fsp3) is 0.0714. The summed E-state index contributed by atoms with van der Waals surface area (Å²) in [6.45, 7) is 0. The maximum absolute atomic E-state index is 5.22. The normalized spacial score (nSPS) is 10.8. The summed E-state index contributed by atoms with van der Waals surface area (Å²) in [5, 5.41) is 1.11. The largest absolute Gasteiger partial charge is 0.495 e. The van der Waals surface area contributed by atoms with Gasteiger partial charge in [-0.15, -0.1) is 0 Å². The highest BCUT2D eigenvalue weighted by Gasteiger charge is 2.10. The number of rotatable bonds is 2. The molecule has 0 amide bonds. The monoisotopic (exact) mass is 350 g/mol. The average molecular weight is 350 g/mol. The number of ether oxygens (including phenoxy) is 1. The van der Waals surface area contributed by atoms with Gasteiger partial charge in [-0.05, 0) is 40.8 Å². The number of hydrogen-bond acceptors (Lipinski definition) is 2. The smallest absolute Gasteiger partial charge is 0.145 e. The maximum atomic E-state index is 5.22. The first-order valence-corrected chi connectivity index (χ1v) is 6.63. The second-order valence-electron chi connectivity index (χ2n) is 3.93. The number of fused-ring (bicyclic) bond motifs is 1. The van der Waals surface area contributed by atoms with Crippen molar-refractivity contribution >= 4 is 33.6 Å². The molecule has 90 valence electrons. The van der Waals surface area contributed by atoms with Crippen molar-refractivity contribution in [3.05, 3.63) is 52.4 Å². The molecule has 0 atom stereocenters. The molecule has 0 aliphatic rings. The fourth-order valence-corrected chi connectivity index (χ4v) is 2.62. The lowest BCUT2D eigenvalue weighted by atomic mass is 10.3. The Morgan fingerprint density at radius 2 is 2.00 bits per heavy atom. The van der Waals surface area contributed by atoms with E-state index >= 15 is 0 Å². The minimum Gasteiger partial charge on any atom is -0.495 e. The molecule has 0 aliphatic heterocycles. The molecule has 4 heteroatoms. The van der Waals surface area contributed by atoms with Crippen LogP contribution in [-0.2, 0) is 0 Å². The molecule has 3 aromatic rings. The van der Waals surface area contributed by atoms with Gasteiger partial charge in [0.15, 0.2) is 0 Å². The van der Waals surface area contributed by atoms with E-state index in [9.17, 15) is 0 Å². The van der Waals surface area contributed by atoms with Crippen LogP contribution in [0.3, 0.4) is 0 Å². The highest BCUT2D eigenvalue weighted by Crippen LogP contribution is 2.27. The molecule has 0 saturated carbocycles. The standard InChI is InChI=1S/C14H11IN2O/c1-18-11-7-12-13(15)9-17(14(12)16-8-11)10-5-3-2-4-6-10/h2-9H,1H3. The highest BCUT2D eigenvalue weighted by atomic mass is 127. The molecule has 18 heavy (non-hydrogen) atoms. The van der Waals surface area contributed by atoms with Crippen molar-refractivity contribution in [3.63, 3.8) is 0 Å². The van der Waals surface area contributed by atoms with Gasteiger partial charge in [0.1, 0.15) is 11.4 Å². The van der Waals surface area contributed by atoms with Gasteiger partial charge in [-0.3, -0.25) is 0 Å². The van der Waals surface area contributed by atoms with Crippen LogP contribution in [0.2, 0.25) is 0 Å². The van der Waals surface area contributed by atoms with Crippen LogP contribution in [0.1, 0.15) is 0 Å². The molecule has 1 aromatic carbocycles. The van der Waals surface area contributed by atoms with Crippen LogP contribution in [0.25, 0.3) is 16.7 Å². The van der Waals surface area contributed by atoms with E-state index in [1.54, 1.807) is 13.3 Å². The lowest BCUT2D eigenvalue weighted by Crippen LogP contribution is -1.93. The number of para-hydroxylation sites is 1. The second-order valence-corrected chi connectivity index (χ2v) is 5.09. The lowest BCUT2D eigenvalue weighted by Gasteiger charge is -2.04. The van der Waals surface area contributed by atoms with E-state index in [0.29, 0.717) is 0 Å². The predicted molar refractivity (Wildman–Crippen MR) is 80.3 cm³/mol. The summed E-state index contributed by atoms with van der Waals surface area (Å²) in [7, 11) is 1.66. The first kappa shape index (κ1) is 11.5. The Labute approximate surface area is 119 Å². The van der Waals surface area contributed by atoms with Crippen molar-refractivity contribution in [1.82, 2.24) is 9.55 Å². The Hall–Kier alpha value is -1.56. The number of pyridine rings is 1. The zero-order valence-corrected chi connectivity index (χ0v) is 12.0. The van der Waals surface area contributed by atoms with Crippen molar-refractivity contribution in [2.45, 2.75) is 0 Å². The van der Waals surface area contributed by atoms with Gasteiger partial charge < -0.3 is 9.30 Å². The second kappa shape index (κ2) is 4.61. The zero-order chi connectivity index (χ0) is 12.5. The van der Waals surface area contributed by atoms with E-state index < -0.39 is 0 Å². The van der Waals surface area contributed by atoms with Gasteiger partial charge in [-0.1, -0.05) is 18.2 Å². The molecule has 2 aromatic heterocycles. The van der Waals surface area contributed by atoms with Crippen LogP contribution in [0, 0.1) is 3.57 Å². The van der Waals surface area contributed by atoms with Gasteiger partial charge in [0, 0.05) is 20.8 Å². The fourth-order valence-electron chi connectivity index (χ4n) is 1.95. The van der Waals surface area contributed by atoms with Crippen LogP contribution in [-0.4, -0.2) is 16.7 Å². The molecular formula is C14H11IN2O. The maximum Gasteiger partial charge on any atom is 0.145 e. The van der Waals surface area contributed by atoms with Crippen LogP contribution in [0.4, 0.5) is 0 Å². The topological polar surface area (TPSA) is 27.1 Å². The molecule has 3 rings (SSSR count). The first-order chi connectivity index (χ1) is 8.79. The van der Waals surface area contributed by atoms with Crippen LogP contribution in [0.5, 0.6) is 5.75 Å². The Morgan fingerprint density at radius 1 is 1.22 bits per heavy atom. The third-order valence-corrected chi connectivity index (χ3v) is 3.70. The summed E-state index contributed by atoms with van der Waals surface area (Å²) in [6, 6.07) is 12.2. The number of nitrogens with zero attached hydrogens (tertiary/aromatic N) is 2. The molecule has 0 N–H and O–H groups in total. The zero-order valence-electron chi connectivity index (χ0n) is 9.80. The van der Waals surface area contributed by atoms with E-state index in [-0.39, 0.29) is 0 Å². The number of halogens is 1. The summed E-state index contributed by atoms with van der Waals surface area (Å²) >= 11 is 2.32. The molecule has 0 saturated heterocycles. The summed E-state index contributed by atoms with van der Waals surface area (Å²) in [5.41, 5.74) is 2.06. The minimum absolute atomic E-state index is 0.784. The van der Waals surface area contributed by atoms with E-state index in [1.165, 1.54) is 0 Å². The van der Waals surface area contributed by atoms with Crippen molar-refractivity contribution < 1.29 is 4.74 Å². The number of benzene rings is 1. The molecule has 0 bridgehead atoms. The summed E-state index contributed by atoms with van der Waals surface area (Å²) < 4.78 is 8.48. The van der Waals surface area contributed by atoms with E-state index in [0.717, 1.165) is 26.0 Å². The average Bonchev–Trinajstić information content (AvgIpc) is 2.77. The highest BCUT2D eigenvalue weighted by molar-refractivity contribution is 14.1. The minimum atomic E-state index is 0.784. The van der Waals surface area contributed by atoms with Crippen LogP contribution < -0.4 is 4.74 Å². The Morgan fingerprint density at radius 3 is 2.72 bits per heavy atom. The summed E-state index contributed by atoms with van der Waals surface area (Å²) in [6.07, 6.45) is 3.84. The Bertz CT molecular complexity index is 692. The SMILES string of the molecule is COc1cnc2c(c1)c(I)cn2-c1ccccc1. The first-order valence-electron chi connectivity index (χ1n) is 5.55. The lowest BCUT2D eigenvalue weighted by molar-refractivity contribution is 0.413. The van der Waals surface area contributed by atoms with E-state index in [1.807, 2.05) is 24.3 Å². The van der Waals surface area contributed by atoms with E-state index in [2.05, 4.69) is 50.5 Å². The van der Waals surface area contributed by atoms with Crippen molar-refractivity contribution in [1.29, 1.82) is 0 Å². The third-order valence-electron chi connectivity index (χ3n) is 2.84. The van der Waals surface area contributed by atoms with Crippen molar-refractivity contribution in [2.75, 3.05) is 7.11 Å². The number of hydrogen-bond donors (Lipinski definition) is 0. The Kier molecular flexibility index (Phi) is 2.95. The molecular weight excluding hydrogens is 339 g/mol. The van der Waals surface area contributed by atoms with Crippen LogP contribution in [0.15, 0.2) is 48.8 Å². The predicted octanol–water partition coefficient (Wildman–Crippen LogP) is 3.64. The van der Waals surface area contributed by atoms with Crippen LogP contribution >= 0.6 is 22.6 Å². The molecule has 2 heterocycles. The molecule has 0 spiro atoms. The van der Waals surface area contributed by atoms with Crippen molar-refractivity contribution in [2.24, 2.45) is 0 Å². The third kappa shape index (κ3) is 1.86. The molecule has 0 unspecified atom stereocenters. The molecule has 0 radical (unpaired) electrons. The van der Waals surface area contributed by atoms with E-state index in [4.69, 9.17) is 4.74 Å². The Balaban J connectivity index is 2.26. The van der Waals surface area contributed by atoms with Gasteiger partial charge in [-0.2, -0.15) is 0 Å². The number of methoxy groups -OCH3 is 1. The quantitative estimate of drug-likeness (QED) is 0.660. The van der Waals surface area contributed by atoms with Gasteiger partial charge in [-0.25, -0.2) is 4.98 Å². The molecule has 3 nitrogen and oxygen atoms in total. The summed E-state index contributed by atoms with van der Waals surface area (Å²) in [5.74, 6) is 0.784.